The van der Waals surface area contributed by atoms with Gasteiger partial charge in [-0.2, -0.15) is 26.3 Å². The smallest absolute Gasteiger partial charge is 0.318 e. The Bertz CT molecular complexity index is 1560. The van der Waals surface area contributed by atoms with Crippen molar-refractivity contribution in [2.45, 2.75) is 30.7 Å². The first kappa shape index (κ1) is 26.0. The number of rotatable bonds is 5. The third kappa shape index (κ3) is 4.92. The average molecular weight is 548 g/mol. The Morgan fingerprint density at radius 3 is 2.22 bits per heavy atom. The predicted octanol–water partition coefficient (Wildman–Crippen LogP) is 6.63. The summed E-state index contributed by atoms with van der Waals surface area (Å²) in [6.07, 6.45) is -8.97. The third-order valence-corrected chi connectivity index (χ3v) is 7.62. The van der Waals surface area contributed by atoms with E-state index in [0.717, 1.165) is 12.1 Å². The van der Waals surface area contributed by atoms with Gasteiger partial charge in [-0.15, -0.1) is 0 Å². The first-order valence-corrected chi connectivity index (χ1v) is 12.4. The summed E-state index contributed by atoms with van der Waals surface area (Å²) in [6, 6.07) is 9.39. The number of benzene rings is 2. The summed E-state index contributed by atoms with van der Waals surface area (Å²) >= 11 is 6.24. The maximum atomic E-state index is 13.4. The van der Waals surface area contributed by atoms with Crippen LogP contribution in [0.15, 0.2) is 59.6 Å². The lowest BCUT2D eigenvalue weighted by Crippen LogP contribution is -2.12. The van der Waals surface area contributed by atoms with Crippen molar-refractivity contribution in [3.05, 3.63) is 76.4 Å². The number of alkyl halides is 6. The lowest BCUT2D eigenvalue weighted by atomic mass is 10.1. The molecule has 0 spiro atoms. The van der Waals surface area contributed by atoms with Crippen molar-refractivity contribution in [2.24, 2.45) is 0 Å². The summed E-state index contributed by atoms with van der Waals surface area (Å²) in [5, 5.41) is 0.277. The van der Waals surface area contributed by atoms with Gasteiger partial charge in [-0.05, 0) is 35.9 Å². The number of fused-ring (bicyclic) bond motifs is 1. The zero-order valence-electron chi connectivity index (χ0n) is 18.3. The molecule has 0 bridgehead atoms. The second-order valence-corrected chi connectivity index (χ2v) is 10.4. The molecule has 4 aromatic rings. The molecule has 0 aliphatic carbocycles. The van der Waals surface area contributed by atoms with Gasteiger partial charge in [0.25, 0.3) is 0 Å². The fourth-order valence-electron chi connectivity index (χ4n) is 3.62. The molecule has 5 nitrogen and oxygen atoms in total. The molecule has 190 valence electrons. The highest BCUT2D eigenvalue weighted by Gasteiger charge is 2.35. The van der Waals surface area contributed by atoms with E-state index in [2.05, 4.69) is 9.97 Å². The number of aromatic nitrogens is 3. The Hall–Kier alpha value is -3.12. The van der Waals surface area contributed by atoms with Crippen molar-refractivity contribution < 1.29 is 34.8 Å². The Morgan fingerprint density at radius 1 is 0.944 bits per heavy atom. The number of hydrogen-bond donors (Lipinski definition) is 0. The predicted molar refractivity (Wildman–Crippen MR) is 121 cm³/mol. The molecule has 2 aromatic heterocycles. The third-order valence-electron chi connectivity index (χ3n) is 5.48. The molecule has 0 N–H and O–H groups in total. The Labute approximate surface area is 206 Å². The maximum absolute atomic E-state index is 13.4. The monoisotopic (exact) mass is 547 g/mol. The lowest BCUT2D eigenvalue weighted by Gasteiger charge is -2.16. The molecule has 0 unspecified atom stereocenters. The molecule has 36 heavy (non-hydrogen) atoms. The van der Waals surface area contributed by atoms with Crippen molar-refractivity contribution in [3.63, 3.8) is 0 Å². The van der Waals surface area contributed by atoms with E-state index in [1.807, 2.05) is 0 Å². The summed E-state index contributed by atoms with van der Waals surface area (Å²) in [6.45, 7) is 1.12. The number of halogens is 7. The van der Waals surface area contributed by atoms with Gasteiger partial charge in [0.05, 0.1) is 33.8 Å². The number of imidazole rings is 1. The molecule has 0 amide bonds. The first-order valence-electron chi connectivity index (χ1n) is 10.3. The summed E-state index contributed by atoms with van der Waals surface area (Å²) in [5.74, 6) is -0.680. The van der Waals surface area contributed by atoms with Gasteiger partial charge < -0.3 is 4.57 Å². The highest BCUT2D eigenvalue weighted by atomic mass is 35.5. The Kier molecular flexibility index (Phi) is 6.54. The van der Waals surface area contributed by atoms with E-state index in [4.69, 9.17) is 11.6 Å². The number of nitrogens with zero attached hydrogens (tertiary/aromatic N) is 3. The first-order chi connectivity index (χ1) is 16.7. The minimum Gasteiger partial charge on any atom is -0.318 e. The van der Waals surface area contributed by atoms with E-state index in [0.29, 0.717) is 23.9 Å². The molecule has 0 radical (unpaired) electrons. The number of pyridine rings is 1. The fraction of sp³-hybridized carbons (Fsp3) is 0.217. The normalized spacial score (nSPS) is 12.9. The molecular weight excluding hydrogens is 532 g/mol. The van der Waals surface area contributed by atoms with Crippen LogP contribution in [0.25, 0.3) is 22.6 Å². The molecule has 0 saturated heterocycles. The second-order valence-electron chi connectivity index (χ2n) is 7.79. The topological polar surface area (TPSA) is 64.8 Å². The van der Waals surface area contributed by atoms with Crippen LogP contribution in [-0.4, -0.2) is 28.7 Å². The van der Waals surface area contributed by atoms with Crippen LogP contribution in [0.1, 0.15) is 23.6 Å². The van der Waals surface area contributed by atoms with E-state index < -0.39 is 44.0 Å². The van der Waals surface area contributed by atoms with Gasteiger partial charge in [0, 0.05) is 16.8 Å². The van der Waals surface area contributed by atoms with Gasteiger partial charge in [-0.1, -0.05) is 36.7 Å². The molecule has 0 saturated carbocycles. The van der Waals surface area contributed by atoms with Crippen molar-refractivity contribution in [2.75, 3.05) is 5.75 Å². The van der Waals surface area contributed by atoms with Gasteiger partial charge in [-0.25, -0.2) is 18.4 Å². The Balaban J connectivity index is 2.06. The standard InChI is InChI=1S/C23H16ClF6N3O2S/c1-2-36(34,35)19-10-14(22(25,26)27)7-8-16(19)21-32-20-18(9-15(11-31-20)23(28,29)30)33(21)12-13-5-3-4-6-17(13)24/h3-11H,2,12H2,1H3. The van der Waals surface area contributed by atoms with Crippen molar-refractivity contribution >= 4 is 32.6 Å². The van der Waals surface area contributed by atoms with E-state index in [-0.39, 0.29) is 34.1 Å². The molecule has 0 fully saturated rings. The van der Waals surface area contributed by atoms with Gasteiger partial charge >= 0.3 is 12.4 Å². The van der Waals surface area contributed by atoms with Gasteiger partial charge in [-0.3, -0.25) is 0 Å². The van der Waals surface area contributed by atoms with Crippen LogP contribution in [0.5, 0.6) is 0 Å². The van der Waals surface area contributed by atoms with E-state index >= 15 is 0 Å². The van der Waals surface area contributed by atoms with Crippen molar-refractivity contribution in [1.82, 2.24) is 14.5 Å². The SMILES string of the molecule is CCS(=O)(=O)c1cc(C(F)(F)F)ccc1-c1nc2ncc(C(F)(F)F)cc2n1Cc1ccccc1Cl. The van der Waals surface area contributed by atoms with E-state index in [1.54, 1.807) is 24.3 Å². The number of sulfone groups is 1. The van der Waals surface area contributed by atoms with Crippen LogP contribution in [0, 0.1) is 0 Å². The fourth-order valence-corrected chi connectivity index (χ4v) is 4.93. The summed E-state index contributed by atoms with van der Waals surface area (Å²) in [4.78, 5) is 7.35. The maximum Gasteiger partial charge on any atom is 0.417 e. The van der Waals surface area contributed by atoms with Gasteiger partial charge in [0.1, 0.15) is 5.82 Å². The highest BCUT2D eigenvalue weighted by molar-refractivity contribution is 7.91. The average Bonchev–Trinajstić information content (AvgIpc) is 3.16. The van der Waals surface area contributed by atoms with Crippen LogP contribution >= 0.6 is 11.6 Å². The molecular formula is C23H16ClF6N3O2S. The van der Waals surface area contributed by atoms with Crippen LogP contribution < -0.4 is 0 Å². The molecule has 0 aliphatic rings. The van der Waals surface area contributed by atoms with Crippen LogP contribution in [0.2, 0.25) is 5.02 Å². The van der Waals surface area contributed by atoms with E-state index in [9.17, 15) is 34.8 Å². The quantitative estimate of drug-likeness (QED) is 0.263. The molecule has 0 atom stereocenters. The van der Waals surface area contributed by atoms with Crippen LogP contribution in [0.3, 0.4) is 0 Å². The zero-order valence-corrected chi connectivity index (χ0v) is 19.9. The molecule has 13 heteroatoms. The number of hydrogen-bond acceptors (Lipinski definition) is 4. The minimum atomic E-state index is -4.82. The molecule has 4 rings (SSSR count). The van der Waals surface area contributed by atoms with E-state index in [1.165, 1.54) is 11.5 Å². The van der Waals surface area contributed by atoms with Gasteiger partial charge in [0.2, 0.25) is 0 Å². The molecule has 2 heterocycles. The van der Waals surface area contributed by atoms with Gasteiger partial charge in [0.15, 0.2) is 15.5 Å². The largest absolute Gasteiger partial charge is 0.417 e. The summed E-state index contributed by atoms with van der Waals surface area (Å²) < 4.78 is 107. The minimum absolute atomic E-state index is 0.0977. The lowest BCUT2D eigenvalue weighted by molar-refractivity contribution is -0.138. The van der Waals surface area contributed by atoms with Crippen LogP contribution in [-0.2, 0) is 28.7 Å². The van der Waals surface area contributed by atoms with Crippen LogP contribution in [0.4, 0.5) is 26.3 Å². The summed E-state index contributed by atoms with van der Waals surface area (Å²) in [7, 11) is -4.21. The molecule has 0 aliphatic heterocycles. The second kappa shape index (κ2) is 9.07. The Morgan fingerprint density at radius 2 is 1.61 bits per heavy atom. The van der Waals surface area contributed by atoms with Crippen molar-refractivity contribution in [1.29, 1.82) is 0 Å². The highest BCUT2D eigenvalue weighted by Crippen LogP contribution is 2.38. The zero-order chi connectivity index (χ0) is 26.5. The summed E-state index contributed by atoms with van der Waals surface area (Å²) in [5.41, 5.74) is -2.25. The molecule has 2 aromatic carbocycles. The van der Waals surface area contributed by atoms with Crippen molar-refractivity contribution in [3.8, 4) is 11.4 Å².